The first kappa shape index (κ1) is 11.7. The molecule has 0 aliphatic rings. The third-order valence-electron chi connectivity index (χ3n) is 2.15. The van der Waals surface area contributed by atoms with Crippen LogP contribution in [0.15, 0.2) is 40.3 Å². The first-order valence-electron chi connectivity index (χ1n) is 5.10. The van der Waals surface area contributed by atoms with Crippen LogP contribution < -0.4 is 10.5 Å². The van der Waals surface area contributed by atoms with Crippen molar-refractivity contribution in [3.05, 3.63) is 35.9 Å². The molecular weight excluding hydrogens is 234 g/mol. The van der Waals surface area contributed by atoms with E-state index in [2.05, 4.69) is 29.0 Å². The molecule has 1 heterocycles. The summed E-state index contributed by atoms with van der Waals surface area (Å²) in [7, 11) is 1.56. The molecule has 0 radical (unpaired) electrons. The SMILES string of the molecule is COc1cc(Sc2ccc(C)cc2)nc(N)n1. The molecule has 0 amide bonds. The Morgan fingerprint density at radius 3 is 2.53 bits per heavy atom. The van der Waals surface area contributed by atoms with Crippen molar-refractivity contribution in [1.82, 2.24) is 9.97 Å². The molecular formula is C12H13N3OS. The van der Waals surface area contributed by atoms with Gasteiger partial charge in [-0.25, -0.2) is 4.98 Å². The Hall–Kier alpha value is -1.75. The molecule has 0 aliphatic carbocycles. The van der Waals surface area contributed by atoms with Crippen molar-refractivity contribution < 1.29 is 4.74 Å². The van der Waals surface area contributed by atoms with E-state index in [0.717, 1.165) is 9.92 Å². The smallest absolute Gasteiger partial charge is 0.224 e. The molecule has 0 saturated heterocycles. The Morgan fingerprint density at radius 1 is 1.18 bits per heavy atom. The monoisotopic (exact) mass is 247 g/mol. The number of methoxy groups -OCH3 is 1. The van der Waals surface area contributed by atoms with E-state index in [1.165, 1.54) is 17.3 Å². The number of anilines is 1. The summed E-state index contributed by atoms with van der Waals surface area (Å²) in [4.78, 5) is 9.20. The van der Waals surface area contributed by atoms with Gasteiger partial charge in [0.1, 0.15) is 5.03 Å². The molecule has 0 bridgehead atoms. The van der Waals surface area contributed by atoms with Gasteiger partial charge in [0.25, 0.3) is 0 Å². The predicted molar refractivity (Wildman–Crippen MR) is 68.3 cm³/mol. The van der Waals surface area contributed by atoms with E-state index < -0.39 is 0 Å². The second-order valence-corrected chi connectivity index (χ2v) is 4.62. The number of rotatable bonds is 3. The van der Waals surface area contributed by atoms with Crippen LogP contribution in [0.3, 0.4) is 0 Å². The Kier molecular flexibility index (Phi) is 3.49. The molecule has 0 aliphatic heterocycles. The van der Waals surface area contributed by atoms with Gasteiger partial charge in [0, 0.05) is 11.0 Å². The number of nitrogens with two attached hydrogens (primary N) is 1. The minimum Gasteiger partial charge on any atom is -0.481 e. The van der Waals surface area contributed by atoms with Gasteiger partial charge in [-0.05, 0) is 19.1 Å². The van der Waals surface area contributed by atoms with E-state index in [9.17, 15) is 0 Å². The van der Waals surface area contributed by atoms with Crippen LogP contribution >= 0.6 is 11.8 Å². The molecule has 17 heavy (non-hydrogen) atoms. The summed E-state index contributed by atoms with van der Waals surface area (Å²) >= 11 is 1.53. The fourth-order valence-corrected chi connectivity index (χ4v) is 2.12. The maximum absolute atomic E-state index is 5.60. The summed E-state index contributed by atoms with van der Waals surface area (Å²) in [5, 5.41) is 0.776. The second kappa shape index (κ2) is 5.05. The number of aryl methyl sites for hydroxylation is 1. The Morgan fingerprint density at radius 2 is 1.88 bits per heavy atom. The Balaban J connectivity index is 2.23. The quantitative estimate of drug-likeness (QED) is 0.844. The highest BCUT2D eigenvalue weighted by molar-refractivity contribution is 7.99. The van der Waals surface area contributed by atoms with Crippen molar-refractivity contribution in [2.75, 3.05) is 12.8 Å². The number of nitrogens with zero attached hydrogens (tertiary/aromatic N) is 2. The molecule has 2 rings (SSSR count). The largest absolute Gasteiger partial charge is 0.481 e. The van der Waals surface area contributed by atoms with Crippen LogP contribution in [0, 0.1) is 6.92 Å². The number of nitrogen functional groups attached to an aromatic ring is 1. The molecule has 1 aromatic carbocycles. The lowest BCUT2D eigenvalue weighted by atomic mass is 10.2. The zero-order chi connectivity index (χ0) is 12.3. The van der Waals surface area contributed by atoms with Crippen LogP contribution in [0.25, 0.3) is 0 Å². The summed E-state index contributed by atoms with van der Waals surface area (Å²) in [5.74, 6) is 0.700. The highest BCUT2D eigenvalue weighted by atomic mass is 32.2. The van der Waals surface area contributed by atoms with Crippen LogP contribution in [0.5, 0.6) is 5.88 Å². The third kappa shape index (κ3) is 3.10. The predicted octanol–water partition coefficient (Wildman–Crippen LogP) is 2.53. The fraction of sp³-hybridized carbons (Fsp3) is 0.167. The Labute approximate surface area is 104 Å². The highest BCUT2D eigenvalue weighted by Crippen LogP contribution is 2.28. The van der Waals surface area contributed by atoms with Gasteiger partial charge in [-0.2, -0.15) is 4.98 Å². The molecule has 0 spiro atoms. The molecule has 88 valence electrons. The van der Waals surface area contributed by atoms with Crippen LogP contribution in [-0.2, 0) is 0 Å². The number of benzene rings is 1. The zero-order valence-corrected chi connectivity index (χ0v) is 10.5. The Bertz CT molecular complexity index is 514. The molecule has 4 nitrogen and oxygen atoms in total. The summed E-state index contributed by atoms with van der Waals surface area (Å²) in [6, 6.07) is 9.98. The average molecular weight is 247 g/mol. The summed E-state index contributed by atoms with van der Waals surface area (Å²) in [6.07, 6.45) is 0. The normalized spacial score (nSPS) is 10.2. The molecule has 5 heteroatoms. The van der Waals surface area contributed by atoms with E-state index in [1.807, 2.05) is 12.1 Å². The molecule has 0 atom stereocenters. The summed E-state index contributed by atoms with van der Waals surface area (Å²) < 4.78 is 5.05. The van der Waals surface area contributed by atoms with Crippen molar-refractivity contribution >= 4 is 17.7 Å². The maximum Gasteiger partial charge on any atom is 0.224 e. The highest BCUT2D eigenvalue weighted by Gasteiger charge is 2.04. The standard InChI is InChI=1S/C12H13N3OS/c1-8-3-5-9(6-4-8)17-11-7-10(16-2)14-12(13)15-11/h3-7H,1-2H3,(H2,13,14,15). The van der Waals surface area contributed by atoms with E-state index in [4.69, 9.17) is 10.5 Å². The minimum absolute atomic E-state index is 0.221. The number of hydrogen-bond acceptors (Lipinski definition) is 5. The van der Waals surface area contributed by atoms with E-state index in [-0.39, 0.29) is 5.95 Å². The van der Waals surface area contributed by atoms with Crippen molar-refractivity contribution in [2.45, 2.75) is 16.8 Å². The van der Waals surface area contributed by atoms with E-state index in [0.29, 0.717) is 5.88 Å². The second-order valence-electron chi connectivity index (χ2n) is 3.52. The van der Waals surface area contributed by atoms with Gasteiger partial charge < -0.3 is 10.5 Å². The third-order valence-corrected chi connectivity index (χ3v) is 3.08. The molecule has 0 fully saturated rings. The van der Waals surface area contributed by atoms with Crippen LogP contribution in [-0.4, -0.2) is 17.1 Å². The lowest BCUT2D eigenvalue weighted by Crippen LogP contribution is -1.98. The molecule has 2 aromatic rings. The van der Waals surface area contributed by atoms with Gasteiger partial charge in [0.05, 0.1) is 7.11 Å². The van der Waals surface area contributed by atoms with Gasteiger partial charge in [-0.3, -0.25) is 0 Å². The maximum atomic E-state index is 5.60. The lowest BCUT2D eigenvalue weighted by Gasteiger charge is -2.04. The molecule has 2 N–H and O–H groups in total. The average Bonchev–Trinajstić information content (AvgIpc) is 2.31. The summed E-state index contributed by atoms with van der Waals surface area (Å²) in [5.41, 5.74) is 6.83. The van der Waals surface area contributed by atoms with Crippen molar-refractivity contribution in [3.63, 3.8) is 0 Å². The summed E-state index contributed by atoms with van der Waals surface area (Å²) in [6.45, 7) is 2.06. The fourth-order valence-electron chi connectivity index (χ4n) is 1.30. The molecule has 1 aromatic heterocycles. The topological polar surface area (TPSA) is 61.0 Å². The van der Waals surface area contributed by atoms with Gasteiger partial charge in [-0.15, -0.1) is 0 Å². The van der Waals surface area contributed by atoms with E-state index >= 15 is 0 Å². The number of ether oxygens (including phenoxy) is 1. The minimum atomic E-state index is 0.221. The first-order chi connectivity index (χ1) is 8.17. The van der Waals surface area contributed by atoms with Gasteiger partial charge >= 0.3 is 0 Å². The number of hydrogen-bond donors (Lipinski definition) is 1. The van der Waals surface area contributed by atoms with Crippen LogP contribution in [0.4, 0.5) is 5.95 Å². The first-order valence-corrected chi connectivity index (χ1v) is 5.92. The van der Waals surface area contributed by atoms with Gasteiger partial charge in [0.15, 0.2) is 0 Å². The molecule has 0 saturated carbocycles. The van der Waals surface area contributed by atoms with Crippen molar-refractivity contribution in [1.29, 1.82) is 0 Å². The molecule has 0 unspecified atom stereocenters. The van der Waals surface area contributed by atoms with E-state index in [1.54, 1.807) is 13.2 Å². The lowest BCUT2D eigenvalue weighted by molar-refractivity contribution is 0.396. The van der Waals surface area contributed by atoms with Crippen molar-refractivity contribution in [3.8, 4) is 5.88 Å². The van der Waals surface area contributed by atoms with Gasteiger partial charge in [0.2, 0.25) is 11.8 Å². The van der Waals surface area contributed by atoms with Crippen LogP contribution in [0.2, 0.25) is 0 Å². The van der Waals surface area contributed by atoms with Crippen molar-refractivity contribution in [2.24, 2.45) is 0 Å². The zero-order valence-electron chi connectivity index (χ0n) is 9.68. The number of aromatic nitrogens is 2. The van der Waals surface area contributed by atoms with Gasteiger partial charge in [-0.1, -0.05) is 29.5 Å². The van der Waals surface area contributed by atoms with Crippen LogP contribution in [0.1, 0.15) is 5.56 Å².